The Morgan fingerprint density at radius 2 is 1.88 bits per heavy atom. The molecule has 2 aliphatic heterocycles. The minimum atomic E-state index is -3.48. The van der Waals surface area contributed by atoms with E-state index in [-0.39, 0.29) is 0 Å². The number of carbonyl (C=O) groups is 1. The highest BCUT2D eigenvalue weighted by Crippen LogP contribution is 2.31. The van der Waals surface area contributed by atoms with Gasteiger partial charge in [0.25, 0.3) is 0 Å². The van der Waals surface area contributed by atoms with Crippen molar-refractivity contribution in [2.45, 2.75) is 24.0 Å². The van der Waals surface area contributed by atoms with Gasteiger partial charge in [0.2, 0.25) is 5.91 Å². The van der Waals surface area contributed by atoms with Gasteiger partial charge < -0.3 is 20.1 Å². The highest BCUT2D eigenvalue weighted by atomic mass is 32.2. The average molecular weight is 368 g/mol. The summed E-state index contributed by atoms with van der Waals surface area (Å²) in [7, 11) is -3.48. The number of hydrogen-bond acceptors (Lipinski definition) is 6. The fourth-order valence-corrected chi connectivity index (χ4v) is 4.68. The van der Waals surface area contributed by atoms with Crippen LogP contribution in [0.15, 0.2) is 18.2 Å². The molecule has 1 fully saturated rings. The molecule has 1 saturated heterocycles. The lowest BCUT2D eigenvalue weighted by Gasteiger charge is -2.34. The monoisotopic (exact) mass is 368 g/mol. The van der Waals surface area contributed by atoms with Gasteiger partial charge >= 0.3 is 0 Å². The van der Waals surface area contributed by atoms with Gasteiger partial charge in [0.1, 0.15) is 13.2 Å². The number of ether oxygens (including phenoxy) is 2. The van der Waals surface area contributed by atoms with E-state index in [2.05, 4.69) is 10.6 Å². The Morgan fingerprint density at radius 1 is 1.20 bits per heavy atom. The van der Waals surface area contributed by atoms with Crippen LogP contribution in [0.4, 0.5) is 0 Å². The lowest BCUT2D eigenvalue weighted by atomic mass is 9.95. The number of amides is 1. The van der Waals surface area contributed by atoms with Gasteiger partial charge in [-0.1, -0.05) is 6.07 Å². The van der Waals surface area contributed by atoms with E-state index in [1.54, 1.807) is 0 Å². The fraction of sp³-hybridized carbons (Fsp3) is 0.588. The molecule has 0 saturated carbocycles. The van der Waals surface area contributed by atoms with Crippen molar-refractivity contribution >= 4 is 15.7 Å². The van der Waals surface area contributed by atoms with Gasteiger partial charge in [0.15, 0.2) is 26.1 Å². The number of nitrogens with one attached hydrogen (secondary N) is 2. The third-order valence-corrected chi connectivity index (χ3v) is 6.85. The van der Waals surface area contributed by atoms with Gasteiger partial charge in [-0.25, -0.2) is 8.42 Å². The molecule has 0 unspecified atom stereocenters. The predicted octanol–water partition coefficient (Wildman–Crippen LogP) is 0.283. The Hall–Kier alpha value is -1.80. The van der Waals surface area contributed by atoms with Crippen molar-refractivity contribution in [3.63, 3.8) is 0 Å². The summed E-state index contributed by atoms with van der Waals surface area (Å²) in [6.07, 6.45) is 2.36. The summed E-state index contributed by atoms with van der Waals surface area (Å²) in [6.45, 7) is 2.51. The second kappa shape index (κ2) is 7.21. The molecule has 0 spiro atoms. The minimum Gasteiger partial charge on any atom is -0.486 e. The molecule has 8 heteroatoms. The molecule has 2 heterocycles. The molecule has 7 nitrogen and oxygen atoms in total. The first-order valence-electron chi connectivity index (χ1n) is 8.49. The van der Waals surface area contributed by atoms with Gasteiger partial charge in [-0.05, 0) is 50.0 Å². The molecule has 0 aromatic heterocycles. The summed E-state index contributed by atoms with van der Waals surface area (Å²) in [4.78, 5) is 12.6. The van der Waals surface area contributed by atoms with Crippen LogP contribution >= 0.6 is 0 Å². The number of fused-ring (bicyclic) bond motifs is 1. The zero-order valence-corrected chi connectivity index (χ0v) is 15.2. The molecule has 2 N–H and O–H groups in total. The second-order valence-electron chi connectivity index (χ2n) is 6.50. The maximum atomic E-state index is 12.6. The number of sulfone groups is 1. The van der Waals surface area contributed by atoms with Gasteiger partial charge in [0.05, 0.1) is 0 Å². The average Bonchev–Trinajstić information content (AvgIpc) is 2.61. The third kappa shape index (κ3) is 3.74. The van der Waals surface area contributed by atoms with Gasteiger partial charge in [0, 0.05) is 12.8 Å². The smallest absolute Gasteiger partial charge is 0.241 e. The Kier molecular flexibility index (Phi) is 5.19. The number of benzene rings is 1. The largest absolute Gasteiger partial charge is 0.486 e. The van der Waals surface area contributed by atoms with Crippen molar-refractivity contribution < 1.29 is 22.7 Å². The molecule has 25 heavy (non-hydrogen) atoms. The van der Waals surface area contributed by atoms with Crippen molar-refractivity contribution in [3.05, 3.63) is 23.8 Å². The van der Waals surface area contributed by atoms with Crippen LogP contribution in [-0.4, -0.2) is 58.2 Å². The SMILES string of the molecule is CS(=O)(=O)C1(C(=O)NCCc2ccc3c(c2)OCCO3)CCNCC1. The standard InChI is InChI=1S/C17H24N2O5S/c1-25(21,22)17(5-8-18-9-6-17)16(20)19-7-4-13-2-3-14-15(12-13)24-11-10-23-14/h2-3,12,18H,4-11H2,1H3,(H,19,20). The molecule has 3 rings (SSSR count). The van der Waals surface area contributed by atoms with Crippen molar-refractivity contribution in [2.24, 2.45) is 0 Å². The highest BCUT2D eigenvalue weighted by molar-refractivity contribution is 7.92. The topological polar surface area (TPSA) is 93.7 Å². The zero-order valence-electron chi connectivity index (χ0n) is 14.3. The first-order chi connectivity index (χ1) is 11.9. The molecule has 0 bridgehead atoms. The Labute approximate surface area is 148 Å². The lowest BCUT2D eigenvalue weighted by molar-refractivity contribution is -0.124. The number of carbonyl (C=O) groups excluding carboxylic acids is 1. The van der Waals surface area contributed by atoms with E-state index in [0.29, 0.717) is 57.9 Å². The molecule has 1 amide bonds. The lowest BCUT2D eigenvalue weighted by Crippen LogP contribution is -2.57. The van der Waals surface area contributed by atoms with Crippen molar-refractivity contribution in [1.82, 2.24) is 10.6 Å². The van der Waals surface area contributed by atoms with E-state index in [4.69, 9.17) is 9.47 Å². The van der Waals surface area contributed by atoms with Gasteiger partial charge in [-0.2, -0.15) is 0 Å². The quantitative estimate of drug-likeness (QED) is 0.776. The van der Waals surface area contributed by atoms with Crippen molar-refractivity contribution in [1.29, 1.82) is 0 Å². The predicted molar refractivity (Wildman–Crippen MR) is 93.8 cm³/mol. The van der Waals surface area contributed by atoms with Crippen LogP contribution in [0, 0.1) is 0 Å². The van der Waals surface area contributed by atoms with E-state index < -0.39 is 20.5 Å². The second-order valence-corrected chi connectivity index (χ2v) is 8.83. The van der Waals surface area contributed by atoms with Crippen LogP contribution in [0.5, 0.6) is 11.5 Å². The minimum absolute atomic E-state index is 0.307. The van der Waals surface area contributed by atoms with Crippen LogP contribution in [0.25, 0.3) is 0 Å². The number of rotatable bonds is 5. The maximum Gasteiger partial charge on any atom is 0.241 e. The zero-order chi connectivity index (χ0) is 17.9. The van der Waals surface area contributed by atoms with Crippen LogP contribution in [0.3, 0.4) is 0 Å². The molecular weight excluding hydrogens is 344 g/mol. The van der Waals surface area contributed by atoms with Crippen LogP contribution < -0.4 is 20.1 Å². The molecule has 0 aliphatic carbocycles. The van der Waals surface area contributed by atoms with Crippen molar-refractivity contribution in [3.8, 4) is 11.5 Å². The molecule has 2 aliphatic rings. The van der Waals surface area contributed by atoms with E-state index in [1.807, 2.05) is 18.2 Å². The number of piperidine rings is 1. The van der Waals surface area contributed by atoms with Crippen LogP contribution in [-0.2, 0) is 21.1 Å². The molecule has 0 atom stereocenters. The number of hydrogen-bond donors (Lipinski definition) is 2. The molecule has 138 valence electrons. The Bertz CT molecular complexity index is 741. The van der Waals surface area contributed by atoms with Gasteiger partial charge in [-0.3, -0.25) is 4.79 Å². The Balaban J connectivity index is 1.62. The molecular formula is C17H24N2O5S. The van der Waals surface area contributed by atoms with Crippen LogP contribution in [0.1, 0.15) is 18.4 Å². The third-order valence-electron chi connectivity index (χ3n) is 4.84. The van der Waals surface area contributed by atoms with E-state index in [0.717, 1.165) is 17.6 Å². The summed E-state index contributed by atoms with van der Waals surface area (Å²) in [5.41, 5.74) is 1.00. The molecule has 1 aromatic carbocycles. The Morgan fingerprint density at radius 3 is 2.56 bits per heavy atom. The van der Waals surface area contributed by atoms with Crippen LogP contribution in [0.2, 0.25) is 0 Å². The van der Waals surface area contributed by atoms with E-state index in [1.165, 1.54) is 0 Å². The maximum absolute atomic E-state index is 12.6. The molecule has 0 radical (unpaired) electrons. The highest BCUT2D eigenvalue weighted by Gasteiger charge is 2.48. The fourth-order valence-electron chi connectivity index (χ4n) is 3.32. The van der Waals surface area contributed by atoms with Crippen molar-refractivity contribution in [2.75, 3.05) is 39.1 Å². The van der Waals surface area contributed by atoms with E-state index in [9.17, 15) is 13.2 Å². The summed E-state index contributed by atoms with van der Waals surface area (Å²) in [5, 5.41) is 5.92. The summed E-state index contributed by atoms with van der Waals surface area (Å²) < 4.78 is 34.2. The first-order valence-corrected chi connectivity index (χ1v) is 10.4. The summed E-state index contributed by atoms with van der Waals surface area (Å²) in [6, 6.07) is 5.69. The summed E-state index contributed by atoms with van der Waals surface area (Å²) in [5.74, 6) is 1.04. The molecule has 1 aromatic rings. The normalized spacial score (nSPS) is 19.2. The van der Waals surface area contributed by atoms with Gasteiger partial charge in [-0.15, -0.1) is 0 Å². The first kappa shape index (κ1) is 18.0. The summed E-state index contributed by atoms with van der Waals surface area (Å²) >= 11 is 0. The van der Waals surface area contributed by atoms with E-state index >= 15 is 0 Å².